The van der Waals surface area contributed by atoms with E-state index < -0.39 is 0 Å². The maximum absolute atomic E-state index is 12.1. The number of amides is 1. The van der Waals surface area contributed by atoms with Gasteiger partial charge in [-0.1, -0.05) is 12.1 Å². The van der Waals surface area contributed by atoms with Crippen LogP contribution in [0.2, 0.25) is 0 Å². The highest BCUT2D eigenvalue weighted by Crippen LogP contribution is 2.15. The van der Waals surface area contributed by atoms with Gasteiger partial charge >= 0.3 is 0 Å². The predicted octanol–water partition coefficient (Wildman–Crippen LogP) is 1.33. The molecule has 0 spiro atoms. The van der Waals surface area contributed by atoms with Crippen LogP contribution in [-0.2, 0) is 0 Å². The Morgan fingerprint density at radius 1 is 1.47 bits per heavy atom. The molecular weight excluding hydrogens is 303 g/mol. The number of rotatable bonds is 2. The van der Waals surface area contributed by atoms with Crippen molar-refractivity contribution in [2.75, 3.05) is 20.1 Å². The molecule has 3 nitrogen and oxygen atoms in total. The van der Waals surface area contributed by atoms with Gasteiger partial charge in [0, 0.05) is 23.7 Å². The van der Waals surface area contributed by atoms with E-state index in [9.17, 15) is 4.79 Å². The first kappa shape index (κ1) is 10.9. The molecule has 0 unspecified atom stereocenters. The Bertz CT molecular complexity index is 377. The second kappa shape index (κ2) is 4.49. The summed E-state index contributed by atoms with van der Waals surface area (Å²) < 4.78 is 1.01. The lowest BCUT2D eigenvalue weighted by atomic mass is 10.1. The largest absolute Gasteiger partial charge is 0.336 e. The number of halogens is 1. The first-order chi connectivity index (χ1) is 7.20. The van der Waals surface area contributed by atoms with Crippen LogP contribution in [0.3, 0.4) is 0 Å². The fraction of sp³-hybridized carbons (Fsp3) is 0.364. The molecule has 1 aliphatic rings. The molecule has 0 atom stereocenters. The van der Waals surface area contributed by atoms with Crippen molar-refractivity contribution in [3.8, 4) is 0 Å². The molecular formula is C11H13IN2O. The van der Waals surface area contributed by atoms with Gasteiger partial charge in [0.05, 0.1) is 11.6 Å². The topological polar surface area (TPSA) is 32.3 Å². The zero-order valence-corrected chi connectivity index (χ0v) is 10.7. The Morgan fingerprint density at radius 2 is 2.13 bits per heavy atom. The zero-order chi connectivity index (χ0) is 10.8. The van der Waals surface area contributed by atoms with Crippen molar-refractivity contribution < 1.29 is 4.79 Å². The fourth-order valence-corrected chi connectivity index (χ4v) is 2.16. The van der Waals surface area contributed by atoms with E-state index in [1.807, 2.05) is 36.2 Å². The summed E-state index contributed by atoms with van der Waals surface area (Å²) >= 11 is 2.20. The van der Waals surface area contributed by atoms with Crippen molar-refractivity contribution >= 4 is 28.5 Å². The van der Waals surface area contributed by atoms with Crippen LogP contribution in [0.25, 0.3) is 0 Å². The molecule has 1 aliphatic heterocycles. The quantitative estimate of drug-likeness (QED) is 0.835. The molecule has 1 saturated heterocycles. The van der Waals surface area contributed by atoms with Crippen molar-refractivity contribution in [1.82, 2.24) is 10.2 Å². The molecule has 1 amide bonds. The number of carbonyl (C=O) groups is 1. The number of hydrogen-bond donors (Lipinski definition) is 1. The van der Waals surface area contributed by atoms with Crippen LogP contribution in [0.4, 0.5) is 0 Å². The molecule has 4 heteroatoms. The number of benzene rings is 1. The standard InChI is InChI=1S/C11H13IN2O/c1-14(8-6-13-7-8)11(15)9-4-2-3-5-10(9)12/h2-5,8,13H,6-7H2,1H3. The lowest BCUT2D eigenvalue weighted by Crippen LogP contribution is -2.57. The normalized spacial score (nSPS) is 15.9. The van der Waals surface area contributed by atoms with E-state index in [2.05, 4.69) is 27.9 Å². The summed E-state index contributed by atoms with van der Waals surface area (Å²) in [4.78, 5) is 13.9. The third kappa shape index (κ3) is 2.15. The zero-order valence-electron chi connectivity index (χ0n) is 8.53. The lowest BCUT2D eigenvalue weighted by Gasteiger charge is -2.35. The van der Waals surface area contributed by atoms with Crippen molar-refractivity contribution in [1.29, 1.82) is 0 Å². The van der Waals surface area contributed by atoms with E-state index in [1.165, 1.54) is 0 Å². The molecule has 15 heavy (non-hydrogen) atoms. The van der Waals surface area contributed by atoms with Crippen LogP contribution in [0.5, 0.6) is 0 Å². The second-order valence-corrected chi connectivity index (χ2v) is 4.87. The predicted molar refractivity (Wildman–Crippen MR) is 67.9 cm³/mol. The highest BCUT2D eigenvalue weighted by molar-refractivity contribution is 14.1. The molecule has 0 aliphatic carbocycles. The van der Waals surface area contributed by atoms with Gasteiger partial charge in [-0.15, -0.1) is 0 Å². The summed E-state index contributed by atoms with van der Waals surface area (Å²) in [6.07, 6.45) is 0. The van der Waals surface area contributed by atoms with E-state index in [4.69, 9.17) is 0 Å². The van der Waals surface area contributed by atoms with Gasteiger partial charge in [0.25, 0.3) is 5.91 Å². The first-order valence-corrected chi connectivity index (χ1v) is 6.00. The molecule has 2 rings (SSSR count). The Labute approximate surface area is 103 Å². The monoisotopic (exact) mass is 316 g/mol. The van der Waals surface area contributed by atoms with Crippen LogP contribution in [0, 0.1) is 3.57 Å². The Kier molecular flexibility index (Phi) is 3.25. The Hall–Kier alpha value is -0.620. The molecule has 0 saturated carbocycles. The molecule has 1 aromatic rings. The second-order valence-electron chi connectivity index (χ2n) is 3.71. The minimum absolute atomic E-state index is 0.117. The van der Waals surface area contributed by atoms with Gasteiger partial charge < -0.3 is 10.2 Å². The van der Waals surface area contributed by atoms with Gasteiger partial charge in [-0.25, -0.2) is 0 Å². The number of likely N-dealkylation sites (N-methyl/N-ethyl adjacent to an activating group) is 1. The minimum Gasteiger partial charge on any atom is -0.336 e. The summed E-state index contributed by atoms with van der Waals surface area (Å²) in [5.41, 5.74) is 0.799. The van der Waals surface area contributed by atoms with Gasteiger partial charge in [-0.3, -0.25) is 4.79 Å². The Morgan fingerprint density at radius 3 is 2.67 bits per heavy atom. The average molecular weight is 316 g/mol. The first-order valence-electron chi connectivity index (χ1n) is 4.92. The highest BCUT2D eigenvalue weighted by Gasteiger charge is 2.26. The van der Waals surface area contributed by atoms with E-state index in [0.717, 1.165) is 22.2 Å². The third-order valence-corrected chi connectivity index (χ3v) is 3.67. The summed E-state index contributed by atoms with van der Waals surface area (Å²) in [5.74, 6) is 0.117. The SMILES string of the molecule is CN(C(=O)c1ccccc1I)C1CNC1. The number of nitrogens with zero attached hydrogens (tertiary/aromatic N) is 1. The Balaban J connectivity index is 2.16. The summed E-state index contributed by atoms with van der Waals surface area (Å²) in [6.45, 7) is 1.82. The van der Waals surface area contributed by atoms with E-state index in [-0.39, 0.29) is 5.91 Å². The van der Waals surface area contributed by atoms with Gasteiger partial charge in [-0.2, -0.15) is 0 Å². The smallest absolute Gasteiger partial charge is 0.255 e. The highest BCUT2D eigenvalue weighted by atomic mass is 127. The van der Waals surface area contributed by atoms with Crippen LogP contribution in [0.1, 0.15) is 10.4 Å². The number of nitrogens with one attached hydrogen (secondary N) is 1. The van der Waals surface area contributed by atoms with E-state index >= 15 is 0 Å². The van der Waals surface area contributed by atoms with Crippen molar-refractivity contribution in [3.05, 3.63) is 33.4 Å². The molecule has 0 radical (unpaired) electrons. The molecule has 0 bridgehead atoms. The minimum atomic E-state index is 0.117. The maximum atomic E-state index is 12.1. The third-order valence-electron chi connectivity index (χ3n) is 2.73. The molecule has 0 aromatic heterocycles. The summed E-state index contributed by atoms with van der Waals surface area (Å²) in [7, 11) is 1.87. The van der Waals surface area contributed by atoms with Crippen LogP contribution in [0.15, 0.2) is 24.3 Å². The summed E-state index contributed by atoms with van der Waals surface area (Å²) in [6, 6.07) is 8.05. The van der Waals surface area contributed by atoms with Gasteiger partial charge in [0.2, 0.25) is 0 Å². The fourth-order valence-electron chi connectivity index (χ4n) is 1.54. The van der Waals surface area contributed by atoms with Crippen LogP contribution in [-0.4, -0.2) is 37.0 Å². The van der Waals surface area contributed by atoms with Crippen LogP contribution < -0.4 is 5.32 Å². The van der Waals surface area contributed by atoms with E-state index in [1.54, 1.807) is 0 Å². The molecule has 80 valence electrons. The van der Waals surface area contributed by atoms with E-state index in [0.29, 0.717) is 6.04 Å². The van der Waals surface area contributed by atoms with Gasteiger partial charge in [0.15, 0.2) is 0 Å². The van der Waals surface area contributed by atoms with Gasteiger partial charge in [-0.05, 0) is 34.7 Å². The van der Waals surface area contributed by atoms with Crippen molar-refractivity contribution in [2.24, 2.45) is 0 Å². The summed E-state index contributed by atoms with van der Waals surface area (Å²) in [5, 5.41) is 3.17. The number of hydrogen-bond acceptors (Lipinski definition) is 2. The molecule has 1 aromatic carbocycles. The van der Waals surface area contributed by atoms with Crippen molar-refractivity contribution in [3.63, 3.8) is 0 Å². The van der Waals surface area contributed by atoms with Crippen LogP contribution >= 0.6 is 22.6 Å². The molecule has 1 heterocycles. The molecule has 1 fully saturated rings. The average Bonchev–Trinajstić information content (AvgIpc) is 2.15. The van der Waals surface area contributed by atoms with Gasteiger partial charge in [0.1, 0.15) is 0 Å². The molecule has 1 N–H and O–H groups in total. The number of carbonyl (C=O) groups excluding carboxylic acids is 1. The lowest BCUT2D eigenvalue weighted by molar-refractivity contribution is 0.0680. The maximum Gasteiger partial charge on any atom is 0.255 e. The van der Waals surface area contributed by atoms with Crippen molar-refractivity contribution in [2.45, 2.75) is 6.04 Å².